The van der Waals surface area contributed by atoms with Crippen molar-refractivity contribution in [2.24, 2.45) is 5.92 Å². The van der Waals surface area contributed by atoms with Crippen LogP contribution in [0.1, 0.15) is 34.1 Å². The fourth-order valence-corrected chi connectivity index (χ4v) is 4.10. The lowest BCUT2D eigenvalue weighted by atomic mass is 9.89. The predicted octanol–water partition coefficient (Wildman–Crippen LogP) is 4.81. The van der Waals surface area contributed by atoms with Gasteiger partial charge in [-0.05, 0) is 53.4 Å². The molecule has 1 fully saturated rings. The average molecular weight is 404 g/mol. The Morgan fingerprint density at radius 3 is 2.65 bits per heavy atom. The molecule has 0 bridgehead atoms. The molecule has 0 saturated carbocycles. The summed E-state index contributed by atoms with van der Waals surface area (Å²) in [5.74, 6) is 0.624. The van der Waals surface area contributed by atoms with Gasteiger partial charge < -0.3 is 10.2 Å². The molecule has 1 aliphatic rings. The minimum atomic E-state index is 0.192. The van der Waals surface area contributed by atoms with E-state index in [0.29, 0.717) is 12.0 Å². The number of piperazine rings is 1. The summed E-state index contributed by atoms with van der Waals surface area (Å²) in [5.41, 5.74) is 1.49. The second kappa shape index (κ2) is 6.37. The van der Waals surface area contributed by atoms with Gasteiger partial charge in [-0.25, -0.2) is 0 Å². The van der Waals surface area contributed by atoms with Crippen LogP contribution in [0.3, 0.4) is 0 Å². The monoisotopic (exact) mass is 402 g/mol. The van der Waals surface area contributed by atoms with Crippen LogP contribution in [-0.2, 0) is 0 Å². The molecule has 0 aromatic heterocycles. The topological polar surface area (TPSA) is 15.3 Å². The van der Waals surface area contributed by atoms with Crippen LogP contribution < -0.4 is 10.2 Å². The van der Waals surface area contributed by atoms with E-state index >= 15 is 0 Å². The first kappa shape index (κ1) is 16.3. The van der Waals surface area contributed by atoms with Gasteiger partial charge in [-0.2, -0.15) is 0 Å². The van der Waals surface area contributed by atoms with Crippen LogP contribution in [-0.4, -0.2) is 24.7 Å². The minimum Gasteiger partial charge on any atom is -0.364 e. The van der Waals surface area contributed by atoms with Crippen molar-refractivity contribution in [3.05, 3.63) is 27.1 Å². The van der Waals surface area contributed by atoms with E-state index in [1.54, 1.807) is 0 Å². The number of hydrogen-bond acceptors (Lipinski definition) is 2. The molecule has 1 aromatic carbocycles. The third-order valence-corrected chi connectivity index (χ3v) is 5.56. The summed E-state index contributed by atoms with van der Waals surface area (Å²) in [4.78, 5) is 2.57. The fraction of sp³-hybridized carbons (Fsp3) is 0.625. The summed E-state index contributed by atoms with van der Waals surface area (Å²) in [6, 6.07) is 7.01. The molecule has 0 radical (unpaired) electrons. The van der Waals surface area contributed by atoms with E-state index in [1.807, 2.05) is 0 Å². The van der Waals surface area contributed by atoms with E-state index in [2.05, 4.69) is 88.0 Å². The van der Waals surface area contributed by atoms with Crippen molar-refractivity contribution in [1.29, 1.82) is 0 Å². The maximum absolute atomic E-state index is 3.74. The lowest BCUT2D eigenvalue weighted by Gasteiger charge is -2.49. The van der Waals surface area contributed by atoms with Crippen LogP contribution in [0, 0.1) is 5.92 Å². The van der Waals surface area contributed by atoms with Gasteiger partial charge in [-0.3, -0.25) is 0 Å². The van der Waals surface area contributed by atoms with Crippen molar-refractivity contribution in [2.45, 2.75) is 45.7 Å². The number of rotatable bonds is 3. The molecule has 1 aromatic rings. The largest absolute Gasteiger partial charge is 0.364 e. The van der Waals surface area contributed by atoms with Gasteiger partial charge >= 0.3 is 0 Å². The van der Waals surface area contributed by atoms with E-state index in [9.17, 15) is 0 Å². The highest BCUT2D eigenvalue weighted by Gasteiger charge is 2.36. The molecule has 20 heavy (non-hydrogen) atoms. The predicted molar refractivity (Wildman–Crippen MR) is 94.5 cm³/mol. The molecule has 1 N–H and O–H groups in total. The van der Waals surface area contributed by atoms with Gasteiger partial charge in [0.15, 0.2) is 0 Å². The van der Waals surface area contributed by atoms with Crippen molar-refractivity contribution >= 4 is 37.5 Å². The fourth-order valence-electron chi connectivity index (χ4n) is 2.82. The maximum atomic E-state index is 3.74. The van der Waals surface area contributed by atoms with E-state index in [-0.39, 0.29) is 5.54 Å². The summed E-state index contributed by atoms with van der Waals surface area (Å²) < 4.78 is 2.28. The van der Waals surface area contributed by atoms with Crippen molar-refractivity contribution in [3.63, 3.8) is 0 Å². The number of hydrogen-bond donors (Lipinski definition) is 1. The van der Waals surface area contributed by atoms with Crippen LogP contribution >= 0.6 is 31.9 Å². The highest BCUT2D eigenvalue weighted by Crippen LogP contribution is 2.35. The first-order valence-corrected chi connectivity index (χ1v) is 8.91. The van der Waals surface area contributed by atoms with Crippen LogP contribution in [0.2, 0.25) is 0 Å². The summed E-state index contributed by atoms with van der Waals surface area (Å²) in [6.07, 6.45) is 1.14. The molecule has 2 unspecified atom stereocenters. The number of nitrogens with one attached hydrogen (secondary N) is 1. The van der Waals surface area contributed by atoms with Gasteiger partial charge in [0.1, 0.15) is 0 Å². The second-order valence-corrected chi connectivity index (χ2v) is 8.10. The number of benzene rings is 1. The normalized spacial score (nSPS) is 27.1. The molecule has 0 aliphatic carbocycles. The second-order valence-electron chi connectivity index (χ2n) is 6.33. The Labute approximate surface area is 139 Å². The van der Waals surface area contributed by atoms with E-state index < -0.39 is 0 Å². The molecule has 112 valence electrons. The van der Waals surface area contributed by atoms with Crippen LogP contribution in [0.4, 0.5) is 5.69 Å². The molecule has 0 amide bonds. The highest BCUT2D eigenvalue weighted by molar-refractivity contribution is 9.11. The molecular weight excluding hydrogens is 380 g/mol. The van der Waals surface area contributed by atoms with Gasteiger partial charge in [0.05, 0.1) is 5.69 Å². The first-order valence-electron chi connectivity index (χ1n) is 7.33. The lowest BCUT2D eigenvalue weighted by molar-refractivity contribution is 0.253. The zero-order valence-electron chi connectivity index (χ0n) is 12.7. The zero-order chi connectivity index (χ0) is 14.9. The Balaban J connectivity index is 2.36. The number of anilines is 1. The number of halogens is 2. The van der Waals surface area contributed by atoms with E-state index in [0.717, 1.165) is 28.5 Å². The van der Waals surface area contributed by atoms with Gasteiger partial charge in [0, 0.05) is 33.6 Å². The zero-order valence-corrected chi connectivity index (χ0v) is 15.9. The molecular formula is C16H24Br2N2. The molecule has 4 heteroatoms. The third-order valence-electron chi connectivity index (χ3n) is 4.43. The Morgan fingerprint density at radius 1 is 1.40 bits per heavy atom. The summed E-state index contributed by atoms with van der Waals surface area (Å²) in [5, 5.41) is 3.74. The molecule has 2 nitrogen and oxygen atoms in total. The highest BCUT2D eigenvalue weighted by atomic mass is 79.9. The summed E-state index contributed by atoms with van der Waals surface area (Å²) in [7, 11) is 0. The van der Waals surface area contributed by atoms with Gasteiger partial charge in [-0.1, -0.05) is 36.7 Å². The Kier molecular flexibility index (Phi) is 5.19. The molecule has 1 aliphatic heterocycles. The van der Waals surface area contributed by atoms with Crippen LogP contribution in [0.15, 0.2) is 27.1 Å². The molecule has 2 rings (SSSR count). The third kappa shape index (κ3) is 3.40. The minimum absolute atomic E-state index is 0.192. The van der Waals surface area contributed by atoms with Crippen molar-refractivity contribution in [2.75, 3.05) is 18.0 Å². The van der Waals surface area contributed by atoms with Crippen molar-refractivity contribution < 1.29 is 0 Å². The van der Waals surface area contributed by atoms with E-state index in [4.69, 9.17) is 0 Å². The van der Waals surface area contributed by atoms with Gasteiger partial charge in [-0.15, -0.1) is 0 Å². The van der Waals surface area contributed by atoms with Gasteiger partial charge in [0.2, 0.25) is 0 Å². The average Bonchev–Trinajstić information content (AvgIpc) is 2.38. The molecule has 1 heterocycles. The summed E-state index contributed by atoms with van der Waals surface area (Å²) in [6.45, 7) is 11.3. The smallest absolute Gasteiger partial charge is 0.0515 e. The van der Waals surface area contributed by atoms with Gasteiger partial charge in [0.25, 0.3) is 0 Å². The number of nitrogens with zero attached hydrogens (tertiary/aromatic N) is 1. The quantitative estimate of drug-likeness (QED) is 0.778. The van der Waals surface area contributed by atoms with E-state index in [1.165, 1.54) is 5.69 Å². The molecule has 1 saturated heterocycles. The van der Waals surface area contributed by atoms with Crippen LogP contribution in [0.5, 0.6) is 0 Å². The Bertz CT molecular complexity index is 476. The Morgan fingerprint density at radius 2 is 2.10 bits per heavy atom. The van der Waals surface area contributed by atoms with Crippen LogP contribution in [0.25, 0.3) is 0 Å². The SMILES string of the molecule is CCC1(C)CN(c2ccc(Br)cc2Br)C(C(C)C)CN1. The lowest BCUT2D eigenvalue weighted by Crippen LogP contribution is -2.64. The standard InChI is InChI=1S/C16H24Br2N2/c1-5-16(4)10-20(15(9-19-16)11(2)3)14-7-6-12(17)8-13(14)18/h6-8,11,15,19H,5,9-10H2,1-4H3. The van der Waals surface area contributed by atoms with Crippen molar-refractivity contribution in [1.82, 2.24) is 5.32 Å². The Hall–Kier alpha value is -0.0600. The molecule has 0 spiro atoms. The van der Waals surface area contributed by atoms with Crippen molar-refractivity contribution in [3.8, 4) is 0 Å². The maximum Gasteiger partial charge on any atom is 0.0515 e. The molecule has 2 atom stereocenters. The summed E-state index contributed by atoms with van der Waals surface area (Å²) >= 11 is 7.27. The first-order chi connectivity index (χ1) is 9.36.